The number of unbranched alkanes of at least 4 members (excludes halogenated alkanes) is 3. The van der Waals surface area contributed by atoms with Crippen LogP contribution in [0.2, 0.25) is 0 Å². The van der Waals surface area contributed by atoms with Crippen molar-refractivity contribution in [3.8, 4) is 28.2 Å². The van der Waals surface area contributed by atoms with E-state index in [4.69, 9.17) is 76.6 Å². The van der Waals surface area contributed by atoms with E-state index < -0.39 is 16.1 Å². The van der Waals surface area contributed by atoms with Crippen LogP contribution in [-0.2, 0) is 66.6 Å². The van der Waals surface area contributed by atoms with E-state index in [-0.39, 0.29) is 81.7 Å². The van der Waals surface area contributed by atoms with Crippen LogP contribution in [0, 0.1) is 0 Å². The van der Waals surface area contributed by atoms with Gasteiger partial charge in [-0.3, -0.25) is 23.4 Å². The second-order valence-electron chi connectivity index (χ2n) is 26.8. The fourth-order valence-electron chi connectivity index (χ4n) is 10.7. The fraction of sp³-hybridized carbons (Fsp3) is 0.704. The number of fused-ring (bicyclic) bond motifs is 2. The molecular formula is C81H136BN15NaO21S7. The van der Waals surface area contributed by atoms with Crippen molar-refractivity contribution >= 4 is 123 Å². The number of aliphatic hydroxyl groups excluding tert-OH is 2. The largest absolute Gasteiger partial charge is 1.00 e. The van der Waals surface area contributed by atoms with Crippen LogP contribution < -0.4 is 52.2 Å². The van der Waals surface area contributed by atoms with Crippen LogP contribution >= 0.6 is 64.8 Å². The van der Waals surface area contributed by atoms with Gasteiger partial charge in [0.05, 0.1) is 91.1 Å². The Hall–Kier alpha value is -5.09. The third kappa shape index (κ3) is 77.7. The molecule has 0 amide bonds. The predicted molar refractivity (Wildman–Crippen MR) is 509 cm³/mol. The smallest absolute Gasteiger partial charge is 1.00 e. The summed E-state index contributed by atoms with van der Waals surface area (Å²) in [6.07, 6.45) is 24.4. The van der Waals surface area contributed by atoms with Crippen molar-refractivity contribution in [2.45, 2.75) is 184 Å². The number of aromatic hydroxyl groups is 1. The average molecular weight is 1910 g/mol. The summed E-state index contributed by atoms with van der Waals surface area (Å²) in [7, 11) is 10.2. The van der Waals surface area contributed by atoms with Gasteiger partial charge in [-0.15, -0.1) is 0 Å². The maximum absolute atomic E-state index is 11.7. The topological polar surface area (TPSA) is 578 Å². The van der Waals surface area contributed by atoms with Crippen molar-refractivity contribution in [3.05, 3.63) is 118 Å². The van der Waals surface area contributed by atoms with E-state index in [1.807, 2.05) is 71.7 Å². The quantitative estimate of drug-likeness (QED) is 0.00315. The third-order valence-electron chi connectivity index (χ3n) is 16.5. The summed E-state index contributed by atoms with van der Waals surface area (Å²) in [6.45, 7) is 13.1. The molecule has 3 fully saturated rings. The first kappa shape index (κ1) is 127. The molecule has 4 heterocycles. The molecule has 36 nitrogen and oxygen atoms in total. The van der Waals surface area contributed by atoms with E-state index >= 15 is 0 Å². The standard InChI is InChI=1S/C20H12O5.C16H28O3S2.C13H23N3O2S2.C13H25NO2S2.C6H14O4S.C4H8N6O.C4H10N4O.C4H10O3.CH5N.B.Na.H/c21-11-5-7-15-17(9-11)25-18-10-12(22)6-8-16(18)19(15)13-3-1-2-4-14(13)20(23)24;1-14(17)6-4-11-19-12-5-8-15(18)7-2-3-9-16-10-13-20-21-16;14-16-15-8-10-18-9-3-5-12(17)4-1-2-6-13-7-11-19-20-13;14-8-10-16-9-3-5-12(15)4-1-2-6-13-7-11-17-18-13;1-3-4-9-5-6-10-11(2,7)8;5-9-7-1-3-11-4-2-8-10-6;5-1-3-9-4-2-7-8-6;5-1-3-7-4-2-6;1-2;;;/h1-10,21H,(H,23,24);16H,2-13H2,1H3;13H,1-11H2;13H,1-11,14H2;3-6H2,1-2H3;1-4H2;1-5H2;5-6H,1-4H2;2H2,1H3;;;/q;;;;;;;;;;+1;-1. The Morgan fingerprint density at radius 1 is 0.516 bits per heavy atom. The molecule has 0 saturated carbocycles. The van der Waals surface area contributed by atoms with Gasteiger partial charge < -0.3 is 81.4 Å². The van der Waals surface area contributed by atoms with Crippen molar-refractivity contribution in [2.75, 3.05) is 182 Å². The molecule has 10 N–H and O–H groups in total. The molecule has 5 aliphatic rings. The molecule has 3 radical (unpaired) electrons. The number of hydrogen-bond donors (Lipinski definition) is 7. The number of ether oxygens (including phenoxy) is 7. The molecule has 707 valence electrons. The molecule has 0 aromatic heterocycles. The molecule has 1 aliphatic carbocycles. The van der Waals surface area contributed by atoms with Crippen LogP contribution in [0.3, 0.4) is 0 Å². The zero-order chi connectivity index (χ0) is 92.0. The Kier molecular flexibility index (Phi) is 94.0. The number of rotatable bonds is 59. The van der Waals surface area contributed by atoms with E-state index in [1.165, 1.54) is 112 Å². The summed E-state index contributed by atoms with van der Waals surface area (Å²) < 4.78 is 66.3. The molecule has 3 unspecified atom stereocenters. The van der Waals surface area contributed by atoms with Crippen molar-refractivity contribution in [1.29, 1.82) is 0 Å². The molecule has 0 bridgehead atoms. The van der Waals surface area contributed by atoms with Crippen LogP contribution in [0.5, 0.6) is 5.75 Å². The number of carboxylic acid groups (broad SMARTS) is 1. The van der Waals surface area contributed by atoms with Crippen LogP contribution in [0.4, 0.5) is 0 Å². The molecule has 126 heavy (non-hydrogen) atoms. The van der Waals surface area contributed by atoms with Gasteiger partial charge >= 0.3 is 35.5 Å². The SMILES string of the molecule is CC(=O)CCCOCCCC(=O)CCCCC1CCSS1.CCCOCCOS(C)(=O)=O.CN.NCCOCCCC(=O)CCCCC1CCSS1.O=C(O)c1ccccc1-c1c2ccc(=O)cc-2oc2cc(O)ccc12.OCCOCCO.[B].[H-].[N-]=[N+]=NCCOCCCC(=O)CCCCC1CCSS1.[N-]=[N+]=NCCOCCN.[N-]=[N+]=NCCOCCN=[N+]=[N-].[Na+]. The first-order chi connectivity index (χ1) is 60.2. The average Bonchev–Trinajstić information content (AvgIpc) is 1.73. The Labute approximate surface area is 792 Å². The number of nitrogens with two attached hydrogens (primary N) is 3. The van der Waals surface area contributed by atoms with Gasteiger partial charge in [0.25, 0.3) is 10.1 Å². The second-order valence-corrected chi connectivity index (χ2v) is 36.8. The number of phenolic OH excluding ortho intramolecular Hbond substituents is 1. The normalized spacial score (nSPS) is 13.7. The van der Waals surface area contributed by atoms with Gasteiger partial charge in [-0.2, -0.15) is 8.42 Å². The maximum Gasteiger partial charge on any atom is 1.00 e. The maximum atomic E-state index is 11.7. The first-order valence-corrected chi connectivity index (χ1v) is 50.7. The summed E-state index contributed by atoms with van der Waals surface area (Å²) in [4.78, 5) is 79.3. The molecule has 3 saturated heterocycles. The van der Waals surface area contributed by atoms with Gasteiger partial charge in [0.2, 0.25) is 0 Å². The third-order valence-corrected chi connectivity index (χ3v) is 26.1. The van der Waals surface area contributed by atoms with Crippen molar-refractivity contribution in [1.82, 2.24) is 0 Å². The Morgan fingerprint density at radius 3 is 1.29 bits per heavy atom. The molecule has 4 aliphatic heterocycles. The van der Waals surface area contributed by atoms with Crippen LogP contribution in [0.1, 0.15) is 180 Å². The molecule has 2 aromatic rings. The van der Waals surface area contributed by atoms with Gasteiger partial charge in [0.15, 0.2) is 5.43 Å². The van der Waals surface area contributed by atoms with E-state index in [0.29, 0.717) is 215 Å². The van der Waals surface area contributed by atoms with Crippen molar-refractivity contribution in [3.63, 3.8) is 0 Å². The van der Waals surface area contributed by atoms with E-state index in [2.05, 4.69) is 54.8 Å². The zero-order valence-corrected chi connectivity index (χ0v) is 81.8. The van der Waals surface area contributed by atoms with E-state index in [1.54, 1.807) is 37.3 Å². The Bertz CT molecular complexity index is 3740. The number of ketones is 4. The minimum Gasteiger partial charge on any atom is -1.00 e. The van der Waals surface area contributed by atoms with Crippen LogP contribution in [0.25, 0.3) is 75.2 Å². The number of hydrogen-bond acceptors (Lipinski definition) is 33. The fourth-order valence-corrected chi connectivity index (χ4v) is 20.2. The van der Waals surface area contributed by atoms with Gasteiger partial charge in [0.1, 0.15) is 40.2 Å². The summed E-state index contributed by atoms with van der Waals surface area (Å²) in [5.41, 5.74) is 48.6. The minimum atomic E-state index is -3.29. The number of carbonyl (C=O) groups is 5. The summed E-state index contributed by atoms with van der Waals surface area (Å²) >= 11 is 0. The number of carbonyl (C=O) groups excluding carboxylic acids is 4. The van der Waals surface area contributed by atoms with E-state index in [0.717, 1.165) is 86.2 Å². The number of nitrogens with zero attached hydrogens (tertiary/aromatic N) is 12. The molecule has 45 heteroatoms. The molecule has 3 atom stereocenters. The number of carboxylic acids is 1. The van der Waals surface area contributed by atoms with E-state index in [9.17, 15) is 47.4 Å². The number of benzene rings is 3. The number of Topliss-reactive ketones (excluding diaryl/α,β-unsaturated/α-hetero) is 4. The predicted octanol–water partition coefficient (Wildman–Crippen LogP) is 13.4. The number of phenols is 1. The van der Waals surface area contributed by atoms with Gasteiger partial charge in [-0.05, 0) is 162 Å². The summed E-state index contributed by atoms with van der Waals surface area (Å²) in [6, 6.07) is 15.7. The molecular weight excluding hydrogens is 1780 g/mol. The molecule has 7 rings (SSSR count). The Morgan fingerprint density at radius 2 is 0.905 bits per heavy atom. The van der Waals surface area contributed by atoms with Crippen molar-refractivity contribution in [2.24, 2.45) is 37.7 Å². The van der Waals surface area contributed by atoms with Crippen molar-refractivity contribution < 1.29 is 126 Å². The summed E-state index contributed by atoms with van der Waals surface area (Å²) in [5, 5.41) is 51.7. The van der Waals surface area contributed by atoms with Crippen LogP contribution in [-0.4, -0.2) is 264 Å². The Balaban J connectivity index is -0.000000457. The minimum absolute atomic E-state index is 0. The van der Waals surface area contributed by atoms with Gasteiger partial charge in [-0.1, -0.05) is 130 Å². The molecule has 0 spiro atoms. The monoisotopic (exact) mass is 1910 g/mol. The van der Waals surface area contributed by atoms with Crippen LogP contribution in [0.15, 0.2) is 90.3 Å². The number of azide groups is 4. The van der Waals surface area contributed by atoms with Gasteiger partial charge in [0, 0.05) is 207 Å². The molecule has 2 aromatic carbocycles. The van der Waals surface area contributed by atoms with Gasteiger partial charge in [-0.25, -0.2) is 4.79 Å². The first-order valence-electron chi connectivity index (χ1n) is 41.7. The zero-order valence-electron chi connectivity index (χ0n) is 75.1. The number of aromatic carboxylic acids is 1. The number of aliphatic hydroxyl groups is 2. The summed E-state index contributed by atoms with van der Waals surface area (Å²) in [5.74, 6) is 4.51. The second kappa shape index (κ2) is 93.2.